The number of hydrogen-bond acceptors (Lipinski definition) is 3. The summed E-state index contributed by atoms with van der Waals surface area (Å²) in [6.45, 7) is 11.7. The summed E-state index contributed by atoms with van der Waals surface area (Å²) in [4.78, 5) is 0. The van der Waals surface area contributed by atoms with Gasteiger partial charge in [-0.2, -0.15) is 5.10 Å². The molecule has 1 aromatic rings. The quantitative estimate of drug-likeness (QED) is 0.755. The predicted molar refractivity (Wildman–Crippen MR) is 72.0 cm³/mol. The summed E-state index contributed by atoms with van der Waals surface area (Å²) in [5, 5.41) is 11.3. The summed E-state index contributed by atoms with van der Waals surface area (Å²) in [5.74, 6) is 0.711. The van der Waals surface area contributed by atoms with Crippen molar-refractivity contribution < 1.29 is 0 Å². The van der Waals surface area contributed by atoms with Crippen LogP contribution < -0.4 is 10.6 Å². The van der Waals surface area contributed by atoms with Crippen molar-refractivity contribution in [2.75, 3.05) is 13.1 Å². The van der Waals surface area contributed by atoms with Crippen LogP contribution in [0.15, 0.2) is 6.20 Å². The Morgan fingerprint density at radius 2 is 2.00 bits per heavy atom. The zero-order chi connectivity index (χ0) is 12.8. The Bertz CT molecular complexity index is 330. The minimum Gasteiger partial charge on any atom is -0.315 e. The van der Waals surface area contributed by atoms with Crippen LogP contribution in [0.4, 0.5) is 0 Å². The van der Waals surface area contributed by atoms with Gasteiger partial charge in [0.1, 0.15) is 0 Å². The number of hydrogen-bond donors (Lipinski definition) is 2. The number of nitrogens with one attached hydrogen (secondary N) is 2. The first-order valence-electron chi connectivity index (χ1n) is 6.42. The maximum absolute atomic E-state index is 4.34. The fourth-order valence-corrected chi connectivity index (χ4v) is 1.77. The maximum atomic E-state index is 4.34. The summed E-state index contributed by atoms with van der Waals surface area (Å²) in [6.07, 6.45) is 2.08. The minimum atomic E-state index is 0.480. The number of aromatic nitrogens is 2. The Kier molecular flexibility index (Phi) is 5.65. The Balaban J connectivity index is 2.23. The van der Waals surface area contributed by atoms with Crippen LogP contribution in [-0.4, -0.2) is 28.9 Å². The van der Waals surface area contributed by atoms with Crippen LogP contribution in [0.5, 0.6) is 0 Å². The van der Waals surface area contributed by atoms with E-state index in [1.54, 1.807) is 0 Å². The summed E-state index contributed by atoms with van der Waals surface area (Å²) < 4.78 is 1.87. The van der Waals surface area contributed by atoms with Crippen LogP contribution in [0.2, 0.25) is 0 Å². The lowest BCUT2D eigenvalue weighted by atomic mass is 10.2. The summed E-state index contributed by atoms with van der Waals surface area (Å²) in [6, 6.07) is 0.480. The largest absolute Gasteiger partial charge is 0.315 e. The van der Waals surface area contributed by atoms with Crippen molar-refractivity contribution in [2.45, 2.75) is 40.3 Å². The molecule has 0 aliphatic carbocycles. The van der Waals surface area contributed by atoms with Crippen LogP contribution in [-0.2, 0) is 13.6 Å². The second kappa shape index (κ2) is 6.77. The van der Waals surface area contributed by atoms with Crippen molar-refractivity contribution in [1.29, 1.82) is 0 Å². The lowest BCUT2D eigenvalue weighted by molar-refractivity contribution is 0.472. The summed E-state index contributed by atoms with van der Waals surface area (Å²) >= 11 is 0. The first-order chi connectivity index (χ1) is 7.99. The highest BCUT2D eigenvalue weighted by atomic mass is 15.3. The Hall–Kier alpha value is -0.870. The van der Waals surface area contributed by atoms with E-state index in [1.165, 1.54) is 5.56 Å². The predicted octanol–water partition coefficient (Wildman–Crippen LogP) is 1.45. The van der Waals surface area contributed by atoms with Crippen LogP contribution in [0, 0.1) is 12.8 Å². The molecule has 0 radical (unpaired) electrons. The van der Waals surface area contributed by atoms with E-state index in [4.69, 9.17) is 0 Å². The average Bonchev–Trinajstić information content (AvgIpc) is 2.54. The van der Waals surface area contributed by atoms with Crippen molar-refractivity contribution >= 4 is 0 Å². The number of aryl methyl sites for hydroxylation is 2. The Morgan fingerprint density at radius 1 is 1.29 bits per heavy atom. The van der Waals surface area contributed by atoms with Gasteiger partial charge < -0.3 is 10.6 Å². The molecule has 0 aromatic carbocycles. The van der Waals surface area contributed by atoms with Gasteiger partial charge in [0.2, 0.25) is 0 Å². The lowest BCUT2D eigenvalue weighted by Crippen LogP contribution is -2.37. The summed E-state index contributed by atoms with van der Waals surface area (Å²) in [5.41, 5.74) is 2.39. The average molecular weight is 238 g/mol. The topological polar surface area (TPSA) is 41.9 Å². The number of rotatable bonds is 7. The first-order valence-corrected chi connectivity index (χ1v) is 6.42. The molecular weight excluding hydrogens is 212 g/mol. The molecule has 1 heterocycles. The molecule has 0 spiro atoms. The van der Waals surface area contributed by atoms with Gasteiger partial charge in [-0.25, -0.2) is 0 Å². The molecular formula is C13H26N4. The molecule has 0 bridgehead atoms. The molecule has 98 valence electrons. The molecule has 4 heteroatoms. The third kappa shape index (κ3) is 5.33. The van der Waals surface area contributed by atoms with Gasteiger partial charge in [-0.15, -0.1) is 0 Å². The molecule has 1 atom stereocenters. The van der Waals surface area contributed by atoms with Gasteiger partial charge in [0.05, 0.1) is 5.69 Å². The second-order valence-electron chi connectivity index (χ2n) is 5.25. The third-order valence-electron chi connectivity index (χ3n) is 2.76. The molecule has 0 aliphatic heterocycles. The zero-order valence-corrected chi connectivity index (χ0v) is 11.7. The van der Waals surface area contributed by atoms with Crippen LogP contribution >= 0.6 is 0 Å². The van der Waals surface area contributed by atoms with E-state index in [2.05, 4.69) is 49.6 Å². The molecule has 0 saturated heterocycles. The second-order valence-corrected chi connectivity index (χ2v) is 5.25. The molecule has 4 nitrogen and oxygen atoms in total. The monoisotopic (exact) mass is 238 g/mol. The smallest absolute Gasteiger partial charge is 0.0638 e. The molecule has 0 fully saturated rings. The SMILES string of the molecule is Cc1nn(C)cc1CNC(C)CNCC(C)C. The molecule has 0 saturated carbocycles. The van der Waals surface area contributed by atoms with Crippen molar-refractivity contribution in [1.82, 2.24) is 20.4 Å². The van der Waals surface area contributed by atoms with E-state index >= 15 is 0 Å². The van der Waals surface area contributed by atoms with Crippen molar-refractivity contribution in [3.63, 3.8) is 0 Å². The minimum absolute atomic E-state index is 0.480. The van der Waals surface area contributed by atoms with E-state index in [0.717, 1.165) is 25.3 Å². The van der Waals surface area contributed by atoms with E-state index in [-0.39, 0.29) is 0 Å². The molecule has 1 aromatic heterocycles. The summed E-state index contributed by atoms with van der Waals surface area (Å²) in [7, 11) is 1.96. The molecule has 1 rings (SSSR count). The van der Waals surface area contributed by atoms with E-state index in [0.29, 0.717) is 12.0 Å². The van der Waals surface area contributed by atoms with Gasteiger partial charge in [0, 0.05) is 37.9 Å². The molecule has 2 N–H and O–H groups in total. The normalized spacial score (nSPS) is 13.3. The molecule has 0 aliphatic rings. The lowest BCUT2D eigenvalue weighted by Gasteiger charge is -2.15. The highest BCUT2D eigenvalue weighted by Crippen LogP contribution is 2.04. The maximum Gasteiger partial charge on any atom is 0.0638 e. The standard InChI is InChI=1S/C13H26N4/c1-10(2)6-14-7-11(3)15-8-13-9-17(5)16-12(13)4/h9-11,14-15H,6-8H2,1-5H3. The Labute approximate surface area is 105 Å². The molecule has 17 heavy (non-hydrogen) atoms. The first kappa shape index (κ1) is 14.2. The Morgan fingerprint density at radius 3 is 2.53 bits per heavy atom. The van der Waals surface area contributed by atoms with Crippen LogP contribution in [0.3, 0.4) is 0 Å². The van der Waals surface area contributed by atoms with Crippen LogP contribution in [0.1, 0.15) is 32.0 Å². The van der Waals surface area contributed by atoms with Gasteiger partial charge in [-0.1, -0.05) is 13.8 Å². The van der Waals surface area contributed by atoms with Crippen LogP contribution in [0.25, 0.3) is 0 Å². The van der Waals surface area contributed by atoms with Gasteiger partial charge in [-0.05, 0) is 26.3 Å². The zero-order valence-electron chi connectivity index (χ0n) is 11.7. The van der Waals surface area contributed by atoms with Gasteiger partial charge in [0.15, 0.2) is 0 Å². The van der Waals surface area contributed by atoms with Crippen molar-refractivity contribution in [2.24, 2.45) is 13.0 Å². The molecule has 1 unspecified atom stereocenters. The van der Waals surface area contributed by atoms with Gasteiger partial charge in [0.25, 0.3) is 0 Å². The number of nitrogens with zero attached hydrogens (tertiary/aromatic N) is 2. The highest BCUT2D eigenvalue weighted by molar-refractivity contribution is 5.14. The van der Waals surface area contributed by atoms with E-state index in [9.17, 15) is 0 Å². The third-order valence-corrected chi connectivity index (χ3v) is 2.76. The van der Waals surface area contributed by atoms with E-state index < -0.39 is 0 Å². The molecule has 0 amide bonds. The highest BCUT2D eigenvalue weighted by Gasteiger charge is 2.05. The fourth-order valence-electron chi connectivity index (χ4n) is 1.77. The van der Waals surface area contributed by atoms with Crippen molar-refractivity contribution in [3.05, 3.63) is 17.5 Å². The van der Waals surface area contributed by atoms with Gasteiger partial charge in [-0.3, -0.25) is 4.68 Å². The van der Waals surface area contributed by atoms with Crippen molar-refractivity contribution in [3.8, 4) is 0 Å². The van der Waals surface area contributed by atoms with E-state index in [1.807, 2.05) is 11.7 Å². The van der Waals surface area contributed by atoms with Gasteiger partial charge >= 0.3 is 0 Å². The fraction of sp³-hybridized carbons (Fsp3) is 0.769.